The Labute approximate surface area is 399 Å². The second-order valence-electron chi connectivity index (χ2n) is 17.3. The number of thiophene rings is 4. The summed E-state index contributed by atoms with van der Waals surface area (Å²) in [6.07, 6.45) is 34.5. The number of benzene rings is 2. The number of aromatic nitrogens is 2. The average molecular weight is 930 g/mol. The lowest BCUT2D eigenvalue weighted by molar-refractivity contribution is 0.667. The summed E-state index contributed by atoms with van der Waals surface area (Å²) in [7, 11) is 0. The maximum Gasteiger partial charge on any atom is 0.114 e. The standard InChI is InChI=1S/C56H68N2S5/c1-5-9-13-17-21-43-37-51(60-40-43)47-31-32-48(55-54(47)57-63-58-55)52-39-46(24-20-16-12-8-4)56(62-52)53-38-45(23-19-15-11-7-3)50(61-53)34-30-42-27-25-41(26-28-42)29-33-49-44(35-36-59-49)22-18-14-10-6-2/h25-40H,5-24H2,1-4H3/b33-29+,34-30+. The van der Waals surface area contributed by atoms with Crippen molar-refractivity contribution >= 4 is 92.4 Å². The Bertz CT molecular complexity index is 2480. The lowest BCUT2D eigenvalue weighted by Gasteiger charge is -2.03. The first-order valence-electron chi connectivity index (χ1n) is 24.2. The third kappa shape index (κ3) is 13.3. The first-order chi connectivity index (χ1) is 31.1. The van der Waals surface area contributed by atoms with Crippen molar-refractivity contribution in [2.45, 2.75) is 156 Å². The van der Waals surface area contributed by atoms with Crippen LogP contribution in [-0.2, 0) is 25.7 Å². The molecule has 63 heavy (non-hydrogen) atoms. The number of rotatable bonds is 27. The predicted molar refractivity (Wildman–Crippen MR) is 287 cm³/mol. The van der Waals surface area contributed by atoms with Gasteiger partial charge in [0, 0.05) is 40.4 Å². The molecular weight excluding hydrogens is 861 g/mol. The molecule has 0 amide bonds. The number of aryl methyl sites for hydroxylation is 4. The van der Waals surface area contributed by atoms with Crippen molar-refractivity contribution < 1.29 is 0 Å². The molecule has 2 nitrogen and oxygen atoms in total. The summed E-state index contributed by atoms with van der Waals surface area (Å²) < 4.78 is 9.86. The minimum absolute atomic E-state index is 1.04. The Balaban J connectivity index is 1.14. The summed E-state index contributed by atoms with van der Waals surface area (Å²) in [5.74, 6) is 0. The second kappa shape index (κ2) is 25.3. The van der Waals surface area contributed by atoms with Crippen LogP contribution in [0.15, 0.2) is 71.4 Å². The number of unbranched alkanes of at least 4 members (excludes halogenated alkanes) is 12. The van der Waals surface area contributed by atoms with Gasteiger partial charge in [0.1, 0.15) is 11.0 Å². The van der Waals surface area contributed by atoms with Gasteiger partial charge in [-0.2, -0.15) is 8.75 Å². The van der Waals surface area contributed by atoms with Crippen LogP contribution in [0.1, 0.15) is 174 Å². The Morgan fingerprint density at radius 1 is 0.444 bits per heavy atom. The van der Waals surface area contributed by atoms with E-state index in [0.29, 0.717) is 0 Å². The molecule has 0 N–H and O–H groups in total. The average Bonchev–Trinajstić information content (AvgIpc) is 4.17. The number of nitrogens with zero attached hydrogens (tertiary/aromatic N) is 2. The number of fused-ring (bicyclic) bond motifs is 1. The van der Waals surface area contributed by atoms with E-state index in [-0.39, 0.29) is 0 Å². The Morgan fingerprint density at radius 3 is 1.60 bits per heavy atom. The molecule has 5 aromatic heterocycles. The molecule has 332 valence electrons. The molecule has 0 atom stereocenters. The van der Waals surface area contributed by atoms with Crippen molar-refractivity contribution in [1.29, 1.82) is 0 Å². The maximum absolute atomic E-state index is 4.95. The largest absolute Gasteiger partial charge is 0.172 e. The van der Waals surface area contributed by atoms with E-state index in [1.165, 1.54) is 195 Å². The SMILES string of the molecule is CCCCCCc1csc(-c2ccc(-c3cc(CCCCCC)c(-c4cc(CCCCCC)c(/C=C/c5ccc(/C=C/c6sccc6CCCCCC)cc5)s4)s3)c3nsnc23)c1. The van der Waals surface area contributed by atoms with Crippen LogP contribution >= 0.6 is 57.1 Å². The lowest BCUT2D eigenvalue weighted by Crippen LogP contribution is -1.86. The molecule has 0 unspecified atom stereocenters. The fourth-order valence-corrected chi connectivity index (χ4v) is 13.4. The molecular formula is C56H68N2S5. The molecule has 0 saturated heterocycles. The fourth-order valence-electron chi connectivity index (χ4n) is 8.50. The molecule has 2 aromatic carbocycles. The molecule has 0 aliphatic heterocycles. The summed E-state index contributed by atoms with van der Waals surface area (Å²) in [6.45, 7) is 9.18. The van der Waals surface area contributed by atoms with E-state index < -0.39 is 0 Å². The summed E-state index contributed by atoms with van der Waals surface area (Å²) >= 11 is 9.02. The zero-order chi connectivity index (χ0) is 43.6. The van der Waals surface area contributed by atoms with E-state index in [1.807, 2.05) is 45.3 Å². The van der Waals surface area contributed by atoms with Gasteiger partial charge in [-0.1, -0.05) is 153 Å². The van der Waals surface area contributed by atoms with E-state index in [1.54, 1.807) is 0 Å². The monoisotopic (exact) mass is 928 g/mol. The molecule has 0 aliphatic rings. The Kier molecular flexibility index (Phi) is 19.1. The van der Waals surface area contributed by atoms with Gasteiger partial charge in [-0.3, -0.25) is 0 Å². The molecule has 0 aliphatic carbocycles. The molecule has 7 rings (SSSR count). The van der Waals surface area contributed by atoms with Crippen molar-refractivity contribution in [1.82, 2.24) is 8.75 Å². The molecule has 0 spiro atoms. The third-order valence-electron chi connectivity index (χ3n) is 12.3. The summed E-state index contributed by atoms with van der Waals surface area (Å²) in [5.41, 5.74) is 13.0. The third-order valence-corrected chi connectivity index (χ3v) is 17.3. The van der Waals surface area contributed by atoms with E-state index in [4.69, 9.17) is 8.75 Å². The number of hydrogen-bond acceptors (Lipinski definition) is 7. The minimum Gasteiger partial charge on any atom is -0.172 e. The summed E-state index contributed by atoms with van der Waals surface area (Å²) in [6, 6.07) is 23.5. The van der Waals surface area contributed by atoms with Gasteiger partial charge in [0.15, 0.2) is 0 Å². The highest BCUT2D eigenvalue weighted by Gasteiger charge is 2.21. The van der Waals surface area contributed by atoms with Crippen molar-refractivity contribution in [2.24, 2.45) is 0 Å². The van der Waals surface area contributed by atoms with Gasteiger partial charge in [0.05, 0.1) is 11.7 Å². The van der Waals surface area contributed by atoms with Gasteiger partial charge >= 0.3 is 0 Å². The molecule has 0 bridgehead atoms. The first-order valence-corrected chi connectivity index (χ1v) is 28.3. The van der Waals surface area contributed by atoms with Crippen LogP contribution in [0.4, 0.5) is 0 Å². The first kappa shape index (κ1) is 47.5. The van der Waals surface area contributed by atoms with Gasteiger partial charge in [-0.15, -0.1) is 45.3 Å². The van der Waals surface area contributed by atoms with Crippen LogP contribution in [0.5, 0.6) is 0 Å². The van der Waals surface area contributed by atoms with Crippen LogP contribution < -0.4 is 0 Å². The fraction of sp³-hybridized carbons (Fsp3) is 0.429. The molecule has 5 heterocycles. The van der Waals surface area contributed by atoms with E-state index in [9.17, 15) is 0 Å². The van der Waals surface area contributed by atoms with Crippen molar-refractivity contribution in [3.05, 3.63) is 115 Å². The maximum atomic E-state index is 4.95. The lowest BCUT2D eigenvalue weighted by atomic mass is 10.0. The van der Waals surface area contributed by atoms with Crippen LogP contribution in [-0.4, -0.2) is 8.75 Å². The molecule has 0 saturated carbocycles. The molecule has 0 radical (unpaired) electrons. The summed E-state index contributed by atoms with van der Waals surface area (Å²) in [4.78, 5) is 8.28. The van der Waals surface area contributed by atoms with Gasteiger partial charge in [0.2, 0.25) is 0 Å². The van der Waals surface area contributed by atoms with Crippen LogP contribution in [0.25, 0.3) is 66.0 Å². The van der Waals surface area contributed by atoms with Gasteiger partial charge in [-0.25, -0.2) is 0 Å². The Morgan fingerprint density at radius 2 is 0.984 bits per heavy atom. The topological polar surface area (TPSA) is 25.8 Å². The normalized spacial score (nSPS) is 12.0. The van der Waals surface area contributed by atoms with Gasteiger partial charge in [-0.05, 0) is 132 Å². The van der Waals surface area contributed by atoms with E-state index in [2.05, 4.69) is 123 Å². The number of hydrogen-bond donors (Lipinski definition) is 0. The van der Waals surface area contributed by atoms with Crippen molar-refractivity contribution in [2.75, 3.05) is 0 Å². The smallest absolute Gasteiger partial charge is 0.114 e. The zero-order valence-corrected chi connectivity index (χ0v) is 42.4. The second-order valence-corrected chi connectivity index (χ2v) is 21.8. The molecule has 7 aromatic rings. The quantitative estimate of drug-likeness (QED) is 0.0480. The summed E-state index contributed by atoms with van der Waals surface area (Å²) in [5, 5.41) is 4.60. The minimum atomic E-state index is 1.04. The van der Waals surface area contributed by atoms with E-state index in [0.717, 1.165) is 30.3 Å². The van der Waals surface area contributed by atoms with Crippen LogP contribution in [0.3, 0.4) is 0 Å². The molecule has 0 fully saturated rings. The van der Waals surface area contributed by atoms with Crippen LogP contribution in [0.2, 0.25) is 0 Å². The zero-order valence-electron chi connectivity index (χ0n) is 38.3. The van der Waals surface area contributed by atoms with E-state index >= 15 is 0 Å². The van der Waals surface area contributed by atoms with Gasteiger partial charge in [0.25, 0.3) is 0 Å². The van der Waals surface area contributed by atoms with Crippen molar-refractivity contribution in [3.63, 3.8) is 0 Å². The highest BCUT2D eigenvalue weighted by Crippen LogP contribution is 2.46. The molecule has 7 heteroatoms. The highest BCUT2D eigenvalue weighted by atomic mass is 32.1. The Hall–Kier alpha value is -3.46. The highest BCUT2D eigenvalue weighted by molar-refractivity contribution is 7.24. The van der Waals surface area contributed by atoms with Crippen LogP contribution in [0, 0.1) is 0 Å². The van der Waals surface area contributed by atoms with Crippen molar-refractivity contribution in [3.8, 4) is 30.6 Å². The van der Waals surface area contributed by atoms with Gasteiger partial charge < -0.3 is 0 Å². The predicted octanol–water partition coefficient (Wildman–Crippen LogP) is 19.8.